The van der Waals surface area contributed by atoms with Crippen LogP contribution in [0.5, 0.6) is 0 Å². The maximum absolute atomic E-state index is 12.2. The number of halogens is 1. The lowest BCUT2D eigenvalue weighted by Crippen LogP contribution is -2.57. The average molecular weight is 387 g/mol. The van der Waals surface area contributed by atoms with Crippen LogP contribution >= 0.6 is 23.4 Å². The van der Waals surface area contributed by atoms with Gasteiger partial charge in [0.05, 0.1) is 5.97 Å². The summed E-state index contributed by atoms with van der Waals surface area (Å²) in [4.78, 5) is 35.0. The van der Waals surface area contributed by atoms with E-state index in [-0.39, 0.29) is 29.0 Å². The Morgan fingerprint density at radius 2 is 2.16 bits per heavy atom. The third-order valence-electron chi connectivity index (χ3n) is 3.60. The Hall–Kier alpha value is -1.74. The molecule has 0 aliphatic carbocycles. The summed E-state index contributed by atoms with van der Waals surface area (Å²) in [7, 11) is 0. The van der Waals surface area contributed by atoms with Gasteiger partial charge in [0.25, 0.3) is 0 Å². The van der Waals surface area contributed by atoms with Crippen LogP contribution in [0.4, 0.5) is 10.6 Å². The number of aliphatic carboxylic acids is 1. The van der Waals surface area contributed by atoms with E-state index >= 15 is 0 Å². The average Bonchev–Trinajstić information content (AvgIpc) is 2.51. The van der Waals surface area contributed by atoms with Crippen LogP contribution in [0.3, 0.4) is 0 Å². The quantitative estimate of drug-likeness (QED) is 0.449. The molecule has 0 bridgehead atoms. The van der Waals surface area contributed by atoms with Gasteiger partial charge in [0.1, 0.15) is 11.0 Å². The molecule has 2 heterocycles. The van der Waals surface area contributed by atoms with Gasteiger partial charge in [-0.05, 0) is 20.8 Å². The lowest BCUT2D eigenvalue weighted by Gasteiger charge is -2.40. The van der Waals surface area contributed by atoms with Crippen molar-refractivity contribution in [2.45, 2.75) is 38.0 Å². The van der Waals surface area contributed by atoms with Crippen molar-refractivity contribution in [2.75, 3.05) is 30.3 Å². The van der Waals surface area contributed by atoms with Crippen LogP contribution in [0.15, 0.2) is 11.2 Å². The number of piperazine rings is 1. The van der Waals surface area contributed by atoms with E-state index in [1.807, 2.05) is 25.7 Å². The zero-order chi connectivity index (χ0) is 18.6. The van der Waals surface area contributed by atoms with E-state index in [1.165, 1.54) is 0 Å². The number of amides is 2. The van der Waals surface area contributed by atoms with Gasteiger partial charge in [-0.2, -0.15) is 0 Å². The highest BCUT2D eigenvalue weighted by molar-refractivity contribution is 7.99. The van der Waals surface area contributed by atoms with E-state index in [0.29, 0.717) is 30.6 Å². The second-order valence-corrected chi connectivity index (χ2v) is 7.41. The van der Waals surface area contributed by atoms with E-state index in [0.717, 1.165) is 11.8 Å². The summed E-state index contributed by atoms with van der Waals surface area (Å²) in [6.07, 6.45) is 0. The van der Waals surface area contributed by atoms with Gasteiger partial charge in [-0.15, -0.1) is 0 Å². The zero-order valence-corrected chi connectivity index (χ0v) is 15.9. The number of nitrogens with one attached hydrogen (secondary N) is 1. The van der Waals surface area contributed by atoms with Crippen molar-refractivity contribution in [3.8, 4) is 0 Å². The van der Waals surface area contributed by atoms with Crippen LogP contribution in [-0.2, 0) is 4.79 Å². The van der Waals surface area contributed by atoms with Gasteiger partial charge >= 0.3 is 6.03 Å². The molecule has 25 heavy (non-hydrogen) atoms. The Balaban J connectivity index is 2.06. The monoisotopic (exact) mass is 386 g/mol. The molecule has 8 nitrogen and oxygen atoms in total. The topological polar surface area (TPSA) is 101 Å². The van der Waals surface area contributed by atoms with Gasteiger partial charge < -0.3 is 25.0 Å². The molecule has 1 saturated heterocycles. The van der Waals surface area contributed by atoms with Crippen molar-refractivity contribution in [2.24, 2.45) is 0 Å². The Morgan fingerprint density at radius 1 is 1.44 bits per heavy atom. The van der Waals surface area contributed by atoms with Crippen molar-refractivity contribution in [1.29, 1.82) is 0 Å². The van der Waals surface area contributed by atoms with E-state index < -0.39 is 5.97 Å². The molecular weight excluding hydrogens is 366 g/mol. The minimum Gasteiger partial charge on any atom is -0.549 e. The highest BCUT2D eigenvalue weighted by atomic mass is 35.5. The number of carbonyl (C=O) groups is 2. The molecule has 0 aromatic carbocycles. The van der Waals surface area contributed by atoms with Gasteiger partial charge in [-0.25, -0.2) is 14.8 Å². The normalized spacial score (nSPS) is 17.7. The second-order valence-electron chi connectivity index (χ2n) is 6.08. The van der Waals surface area contributed by atoms with Gasteiger partial charge in [0.2, 0.25) is 0 Å². The third-order valence-corrected chi connectivity index (χ3v) is 4.62. The van der Waals surface area contributed by atoms with Crippen molar-refractivity contribution < 1.29 is 14.7 Å². The first kappa shape index (κ1) is 19.6. The standard InChI is InChI=1S/C15H22ClN5O3S/c1-9(2)17-15(24)21-5-4-20(7-10(21)3)12-6-11(16)18-14(19-12)25-8-13(22)23/h6,9-10H,4-5,7-8H2,1-3H3,(H,17,24)(H,22,23)/p-1/t10-/m1/s1. The number of aromatic nitrogens is 2. The van der Waals surface area contributed by atoms with E-state index in [1.54, 1.807) is 11.0 Å². The molecule has 0 radical (unpaired) electrons. The number of nitrogens with zero attached hydrogens (tertiary/aromatic N) is 4. The Kier molecular flexibility index (Phi) is 6.71. The van der Waals surface area contributed by atoms with Crippen molar-refractivity contribution in [3.05, 3.63) is 11.2 Å². The molecule has 1 fully saturated rings. The first-order chi connectivity index (χ1) is 11.8. The Bertz CT molecular complexity index is 646. The summed E-state index contributed by atoms with van der Waals surface area (Å²) in [6, 6.07) is 1.65. The molecule has 0 unspecified atom stereocenters. The minimum absolute atomic E-state index is 0.000522. The summed E-state index contributed by atoms with van der Waals surface area (Å²) in [5.74, 6) is -0.801. The van der Waals surface area contributed by atoms with Crippen LogP contribution in [0.25, 0.3) is 0 Å². The maximum atomic E-state index is 12.2. The number of carboxylic acids is 1. The Morgan fingerprint density at radius 3 is 2.76 bits per heavy atom. The fourth-order valence-electron chi connectivity index (χ4n) is 2.53. The predicted octanol–water partition coefficient (Wildman–Crippen LogP) is 0.600. The molecular formula is C15H21ClN5O3S-. The molecule has 1 N–H and O–H groups in total. The molecule has 1 aliphatic rings. The molecule has 10 heteroatoms. The fourth-order valence-corrected chi connectivity index (χ4v) is 3.33. The summed E-state index contributed by atoms with van der Waals surface area (Å²) in [6.45, 7) is 7.59. The minimum atomic E-state index is -1.19. The van der Waals surface area contributed by atoms with Crippen molar-refractivity contribution in [3.63, 3.8) is 0 Å². The summed E-state index contributed by atoms with van der Waals surface area (Å²) < 4.78 is 0. The molecule has 1 atom stereocenters. The predicted molar refractivity (Wildman–Crippen MR) is 94.8 cm³/mol. The molecule has 138 valence electrons. The Labute approximate surface area is 155 Å². The number of thioether (sulfide) groups is 1. The molecule has 0 saturated carbocycles. The van der Waals surface area contributed by atoms with Gasteiger partial charge in [-0.3, -0.25) is 0 Å². The number of carboxylic acid groups (broad SMARTS) is 1. The van der Waals surface area contributed by atoms with Crippen LogP contribution in [-0.4, -0.2) is 64.3 Å². The largest absolute Gasteiger partial charge is 0.549 e. The number of hydrogen-bond acceptors (Lipinski definition) is 7. The van der Waals surface area contributed by atoms with Gasteiger partial charge in [-0.1, -0.05) is 23.4 Å². The molecule has 2 rings (SSSR count). The van der Waals surface area contributed by atoms with E-state index in [9.17, 15) is 14.7 Å². The highest BCUT2D eigenvalue weighted by Crippen LogP contribution is 2.23. The van der Waals surface area contributed by atoms with Crippen molar-refractivity contribution in [1.82, 2.24) is 20.2 Å². The van der Waals surface area contributed by atoms with Gasteiger partial charge in [0.15, 0.2) is 5.16 Å². The molecule has 1 aromatic rings. The van der Waals surface area contributed by atoms with Crippen LogP contribution in [0.1, 0.15) is 20.8 Å². The summed E-state index contributed by atoms with van der Waals surface area (Å²) >= 11 is 6.99. The number of anilines is 1. The SMILES string of the molecule is CC(C)NC(=O)N1CCN(c2cc(Cl)nc(SCC(=O)[O-])n2)C[C@H]1C. The smallest absolute Gasteiger partial charge is 0.317 e. The molecule has 0 spiro atoms. The highest BCUT2D eigenvalue weighted by Gasteiger charge is 2.28. The zero-order valence-electron chi connectivity index (χ0n) is 14.4. The summed E-state index contributed by atoms with van der Waals surface area (Å²) in [5.41, 5.74) is 0. The van der Waals surface area contributed by atoms with Crippen LogP contribution < -0.4 is 15.3 Å². The van der Waals surface area contributed by atoms with E-state index in [4.69, 9.17) is 11.6 Å². The lowest BCUT2D eigenvalue weighted by molar-refractivity contribution is -0.301. The number of urea groups is 1. The first-order valence-electron chi connectivity index (χ1n) is 7.95. The molecule has 2 amide bonds. The number of hydrogen-bond donors (Lipinski definition) is 1. The maximum Gasteiger partial charge on any atom is 0.317 e. The van der Waals surface area contributed by atoms with E-state index in [2.05, 4.69) is 15.3 Å². The van der Waals surface area contributed by atoms with Crippen LogP contribution in [0.2, 0.25) is 5.15 Å². The lowest BCUT2D eigenvalue weighted by atomic mass is 10.2. The molecule has 1 aliphatic heterocycles. The summed E-state index contributed by atoms with van der Waals surface area (Å²) in [5, 5.41) is 14.0. The van der Waals surface area contributed by atoms with Crippen molar-refractivity contribution >= 4 is 41.2 Å². The third kappa shape index (κ3) is 5.64. The van der Waals surface area contributed by atoms with Crippen LogP contribution in [0, 0.1) is 0 Å². The first-order valence-corrected chi connectivity index (χ1v) is 9.32. The number of rotatable bonds is 5. The fraction of sp³-hybridized carbons (Fsp3) is 0.600. The molecule has 1 aromatic heterocycles. The number of carbonyl (C=O) groups excluding carboxylic acids is 2. The second kappa shape index (κ2) is 8.57. The van der Waals surface area contributed by atoms with Gasteiger partial charge in [0, 0.05) is 43.5 Å².